The molecule has 21 heavy (non-hydrogen) atoms. The standard InChI is InChI=1S/C13H14ClFN4OS/c1-6-8(20)3-4-19(6)12-7-5-16-13(21-2)17-10(7)9(15)11(14)18-12/h5-6,8,20H,3-4H2,1-2H3/t6-,8-/m1/s1. The number of aromatic nitrogens is 3. The third-order valence-corrected chi connectivity index (χ3v) is 4.58. The Kier molecular flexibility index (Phi) is 3.90. The zero-order chi connectivity index (χ0) is 15.1. The summed E-state index contributed by atoms with van der Waals surface area (Å²) in [5.74, 6) is -0.117. The fourth-order valence-electron chi connectivity index (χ4n) is 2.54. The molecule has 0 aromatic carbocycles. The van der Waals surface area contributed by atoms with Gasteiger partial charge in [-0.05, 0) is 19.6 Å². The fourth-order valence-corrected chi connectivity index (χ4v) is 3.05. The maximum absolute atomic E-state index is 14.2. The van der Waals surface area contributed by atoms with Crippen molar-refractivity contribution in [2.75, 3.05) is 17.7 Å². The smallest absolute Gasteiger partial charge is 0.187 e. The van der Waals surface area contributed by atoms with Crippen LogP contribution in [0, 0.1) is 5.82 Å². The van der Waals surface area contributed by atoms with Crippen LogP contribution in [0.5, 0.6) is 0 Å². The number of anilines is 1. The van der Waals surface area contributed by atoms with Gasteiger partial charge in [0.15, 0.2) is 16.1 Å². The molecule has 2 atom stereocenters. The first-order chi connectivity index (χ1) is 10.0. The van der Waals surface area contributed by atoms with Crippen LogP contribution in [0.1, 0.15) is 13.3 Å². The Hall–Kier alpha value is -1.18. The van der Waals surface area contributed by atoms with Gasteiger partial charge in [-0.1, -0.05) is 23.4 Å². The minimum atomic E-state index is -0.638. The number of aliphatic hydroxyl groups is 1. The first kappa shape index (κ1) is 14.7. The van der Waals surface area contributed by atoms with Gasteiger partial charge in [0.25, 0.3) is 0 Å². The van der Waals surface area contributed by atoms with E-state index in [1.165, 1.54) is 11.8 Å². The molecule has 3 rings (SSSR count). The molecule has 0 spiro atoms. The zero-order valence-electron chi connectivity index (χ0n) is 11.5. The van der Waals surface area contributed by atoms with Gasteiger partial charge in [-0.25, -0.2) is 19.3 Å². The van der Waals surface area contributed by atoms with Gasteiger partial charge in [-0.15, -0.1) is 0 Å². The second kappa shape index (κ2) is 5.55. The Bertz CT molecular complexity index is 701. The molecule has 3 heterocycles. The normalized spacial score (nSPS) is 22.2. The van der Waals surface area contributed by atoms with Crippen molar-refractivity contribution in [3.05, 3.63) is 17.2 Å². The summed E-state index contributed by atoms with van der Waals surface area (Å²) >= 11 is 7.24. The monoisotopic (exact) mass is 328 g/mol. The van der Waals surface area contributed by atoms with E-state index in [0.29, 0.717) is 29.3 Å². The third kappa shape index (κ3) is 2.43. The molecule has 5 nitrogen and oxygen atoms in total. The molecule has 0 unspecified atom stereocenters. The SMILES string of the molecule is CSc1ncc2c(N3CC[C@@H](O)[C@H]3C)nc(Cl)c(F)c2n1. The lowest BCUT2D eigenvalue weighted by Gasteiger charge is -2.25. The number of rotatable bonds is 2. The van der Waals surface area contributed by atoms with Gasteiger partial charge in [0, 0.05) is 12.7 Å². The highest BCUT2D eigenvalue weighted by Crippen LogP contribution is 2.33. The van der Waals surface area contributed by atoms with Gasteiger partial charge in [-0.3, -0.25) is 0 Å². The Balaban J connectivity index is 2.21. The van der Waals surface area contributed by atoms with Crippen LogP contribution in [0.4, 0.5) is 10.2 Å². The molecule has 2 aromatic rings. The molecule has 1 aliphatic rings. The quantitative estimate of drug-likeness (QED) is 0.519. The van der Waals surface area contributed by atoms with Crippen LogP contribution >= 0.6 is 23.4 Å². The molecular formula is C13H14ClFN4OS. The number of hydrogen-bond donors (Lipinski definition) is 1. The van der Waals surface area contributed by atoms with Crippen molar-refractivity contribution in [2.45, 2.75) is 30.6 Å². The lowest BCUT2D eigenvalue weighted by molar-refractivity contribution is 0.170. The predicted octanol–water partition coefficient (Wildman–Crippen LogP) is 2.50. The molecule has 1 saturated heterocycles. The average Bonchev–Trinajstić information content (AvgIpc) is 2.82. The average molecular weight is 329 g/mol. The molecule has 0 radical (unpaired) electrons. The third-order valence-electron chi connectivity index (χ3n) is 3.77. The molecular weight excluding hydrogens is 315 g/mol. The Morgan fingerprint density at radius 3 is 2.86 bits per heavy atom. The molecule has 0 amide bonds. The van der Waals surface area contributed by atoms with Crippen LogP contribution in [-0.2, 0) is 0 Å². The van der Waals surface area contributed by atoms with Gasteiger partial charge >= 0.3 is 0 Å². The number of halogens is 2. The van der Waals surface area contributed by atoms with Crippen molar-refractivity contribution in [1.82, 2.24) is 15.0 Å². The topological polar surface area (TPSA) is 62.1 Å². The zero-order valence-corrected chi connectivity index (χ0v) is 13.1. The fraction of sp³-hybridized carbons (Fsp3) is 0.462. The summed E-state index contributed by atoms with van der Waals surface area (Å²) in [6.07, 6.45) is 3.59. The highest BCUT2D eigenvalue weighted by molar-refractivity contribution is 7.98. The van der Waals surface area contributed by atoms with E-state index in [2.05, 4.69) is 15.0 Å². The number of fused-ring (bicyclic) bond motifs is 1. The predicted molar refractivity (Wildman–Crippen MR) is 81.5 cm³/mol. The van der Waals surface area contributed by atoms with Crippen molar-refractivity contribution < 1.29 is 9.50 Å². The summed E-state index contributed by atoms with van der Waals surface area (Å²) in [5, 5.41) is 10.7. The molecule has 1 N–H and O–H groups in total. The Labute approximate surface area is 130 Å². The molecule has 0 bridgehead atoms. The second-order valence-corrected chi connectivity index (χ2v) is 6.08. The van der Waals surface area contributed by atoms with Crippen molar-refractivity contribution in [1.29, 1.82) is 0 Å². The van der Waals surface area contributed by atoms with Gasteiger partial charge in [0.1, 0.15) is 11.3 Å². The highest BCUT2D eigenvalue weighted by Gasteiger charge is 2.32. The van der Waals surface area contributed by atoms with Gasteiger partial charge in [0.2, 0.25) is 0 Å². The summed E-state index contributed by atoms with van der Waals surface area (Å²) in [4.78, 5) is 14.4. The van der Waals surface area contributed by atoms with E-state index in [4.69, 9.17) is 11.6 Å². The van der Waals surface area contributed by atoms with E-state index >= 15 is 0 Å². The first-order valence-corrected chi connectivity index (χ1v) is 8.13. The summed E-state index contributed by atoms with van der Waals surface area (Å²) < 4.78 is 14.2. The molecule has 112 valence electrons. The molecule has 0 aliphatic carbocycles. The van der Waals surface area contributed by atoms with E-state index in [1.807, 2.05) is 18.1 Å². The van der Waals surface area contributed by atoms with Gasteiger partial charge < -0.3 is 10.0 Å². The van der Waals surface area contributed by atoms with Gasteiger partial charge in [0.05, 0.1) is 17.5 Å². The Morgan fingerprint density at radius 2 is 2.24 bits per heavy atom. The van der Waals surface area contributed by atoms with Crippen LogP contribution < -0.4 is 4.90 Å². The van der Waals surface area contributed by atoms with Gasteiger partial charge in [-0.2, -0.15) is 0 Å². The molecule has 0 saturated carbocycles. The van der Waals surface area contributed by atoms with Crippen LogP contribution in [0.2, 0.25) is 5.15 Å². The number of nitrogens with zero attached hydrogens (tertiary/aromatic N) is 4. The number of thioether (sulfide) groups is 1. The number of aliphatic hydroxyl groups excluding tert-OH is 1. The first-order valence-electron chi connectivity index (χ1n) is 6.53. The van der Waals surface area contributed by atoms with E-state index in [-0.39, 0.29) is 16.7 Å². The lowest BCUT2D eigenvalue weighted by atomic mass is 10.2. The lowest BCUT2D eigenvalue weighted by Crippen LogP contribution is -2.33. The summed E-state index contributed by atoms with van der Waals surface area (Å²) in [5.41, 5.74) is 0.165. The van der Waals surface area contributed by atoms with Crippen LogP contribution in [0.3, 0.4) is 0 Å². The minimum absolute atomic E-state index is 0.109. The Morgan fingerprint density at radius 1 is 1.48 bits per heavy atom. The van der Waals surface area contributed by atoms with Crippen molar-refractivity contribution in [2.24, 2.45) is 0 Å². The molecule has 2 aromatic heterocycles. The highest BCUT2D eigenvalue weighted by atomic mass is 35.5. The van der Waals surface area contributed by atoms with Crippen molar-refractivity contribution in [3.8, 4) is 0 Å². The van der Waals surface area contributed by atoms with E-state index in [0.717, 1.165) is 0 Å². The maximum Gasteiger partial charge on any atom is 0.187 e. The second-order valence-electron chi connectivity index (χ2n) is 4.95. The van der Waals surface area contributed by atoms with E-state index in [1.54, 1.807) is 6.20 Å². The maximum atomic E-state index is 14.2. The van der Waals surface area contributed by atoms with E-state index in [9.17, 15) is 9.50 Å². The van der Waals surface area contributed by atoms with Crippen LogP contribution in [0.25, 0.3) is 10.9 Å². The molecule has 8 heteroatoms. The summed E-state index contributed by atoms with van der Waals surface area (Å²) in [6.45, 7) is 2.54. The van der Waals surface area contributed by atoms with Crippen molar-refractivity contribution >= 4 is 40.1 Å². The molecule has 1 aliphatic heterocycles. The van der Waals surface area contributed by atoms with Crippen LogP contribution in [-0.4, -0.2) is 45.0 Å². The number of pyridine rings is 1. The summed E-state index contributed by atoms with van der Waals surface area (Å²) in [6, 6.07) is -0.109. The summed E-state index contributed by atoms with van der Waals surface area (Å²) in [7, 11) is 0. The van der Waals surface area contributed by atoms with Crippen LogP contribution in [0.15, 0.2) is 11.4 Å². The largest absolute Gasteiger partial charge is 0.391 e. The minimum Gasteiger partial charge on any atom is -0.391 e. The number of hydrogen-bond acceptors (Lipinski definition) is 6. The molecule has 1 fully saturated rings. The van der Waals surface area contributed by atoms with E-state index < -0.39 is 11.9 Å². The van der Waals surface area contributed by atoms with Crippen molar-refractivity contribution in [3.63, 3.8) is 0 Å².